The van der Waals surface area contributed by atoms with Crippen LogP contribution >= 0.6 is 0 Å². The second-order valence-electron chi connectivity index (χ2n) is 6.73. The Morgan fingerprint density at radius 3 is 2.20 bits per heavy atom. The molecule has 0 radical (unpaired) electrons. The summed E-state index contributed by atoms with van der Waals surface area (Å²) >= 11 is 0. The van der Waals surface area contributed by atoms with Crippen molar-refractivity contribution in [2.24, 2.45) is 0 Å². The van der Waals surface area contributed by atoms with Gasteiger partial charge in [-0.3, -0.25) is 0 Å². The summed E-state index contributed by atoms with van der Waals surface area (Å²) in [6.07, 6.45) is -6.56. The fraction of sp³-hybridized carbons (Fsp3) is 0.273. The van der Waals surface area contributed by atoms with E-state index in [4.69, 9.17) is 4.74 Å². The fourth-order valence-electron chi connectivity index (χ4n) is 2.95. The van der Waals surface area contributed by atoms with Crippen molar-refractivity contribution in [2.75, 3.05) is 6.61 Å². The smallest absolute Gasteiger partial charge is 0.426 e. The predicted octanol–water partition coefficient (Wildman–Crippen LogP) is 7.00. The average molecular weight is 428 g/mol. The standard InChI is InChI=1S/C22H18F6O2/c1-2-3-14-4-7-16(8-5-14)22(27,28)30-17-9-10-18-15(12-17)6-11-19(20(18)23)29-13-21(24,25)26/h4-12H,2-3,13H2,1H3. The molecular formula is C22H18F6O2. The average Bonchev–Trinajstić information content (AvgIpc) is 2.67. The second-order valence-corrected chi connectivity index (χ2v) is 6.73. The molecule has 0 fully saturated rings. The van der Waals surface area contributed by atoms with Crippen molar-refractivity contribution < 1.29 is 35.8 Å². The molecule has 0 atom stereocenters. The van der Waals surface area contributed by atoms with Crippen LogP contribution in [0.4, 0.5) is 26.3 Å². The number of halogens is 6. The molecule has 8 heteroatoms. The number of benzene rings is 3. The maximum Gasteiger partial charge on any atom is 0.426 e. The number of hydrogen-bond acceptors (Lipinski definition) is 2. The minimum atomic E-state index is -4.61. The number of ether oxygens (including phenoxy) is 2. The number of aryl methyl sites for hydroxylation is 1. The van der Waals surface area contributed by atoms with Gasteiger partial charge in [0.15, 0.2) is 18.2 Å². The maximum atomic E-state index is 14.5. The molecule has 30 heavy (non-hydrogen) atoms. The monoisotopic (exact) mass is 428 g/mol. The molecule has 3 rings (SSSR count). The Kier molecular flexibility index (Phi) is 6.14. The third-order valence-electron chi connectivity index (χ3n) is 4.36. The summed E-state index contributed by atoms with van der Waals surface area (Å²) in [5.41, 5.74) is 0.603. The molecular weight excluding hydrogens is 410 g/mol. The molecule has 0 spiro atoms. The summed E-state index contributed by atoms with van der Waals surface area (Å²) in [4.78, 5) is 0. The molecule has 0 aliphatic carbocycles. The molecule has 0 aliphatic heterocycles. The number of fused-ring (bicyclic) bond motifs is 1. The Morgan fingerprint density at radius 1 is 0.867 bits per heavy atom. The first-order valence-corrected chi connectivity index (χ1v) is 9.17. The molecule has 0 unspecified atom stereocenters. The van der Waals surface area contributed by atoms with Crippen molar-refractivity contribution in [1.82, 2.24) is 0 Å². The van der Waals surface area contributed by atoms with Crippen LogP contribution in [0, 0.1) is 5.82 Å². The quantitative estimate of drug-likeness (QED) is 0.377. The van der Waals surface area contributed by atoms with E-state index in [0.29, 0.717) is 0 Å². The molecule has 0 amide bonds. The first kappa shape index (κ1) is 21.8. The highest BCUT2D eigenvalue weighted by Crippen LogP contribution is 2.35. The number of hydrogen-bond donors (Lipinski definition) is 0. The van der Waals surface area contributed by atoms with E-state index in [1.807, 2.05) is 6.92 Å². The van der Waals surface area contributed by atoms with Crippen molar-refractivity contribution in [3.63, 3.8) is 0 Å². The van der Waals surface area contributed by atoms with Gasteiger partial charge in [0.1, 0.15) is 5.75 Å². The van der Waals surface area contributed by atoms with Gasteiger partial charge in [0.05, 0.1) is 5.56 Å². The Bertz CT molecular complexity index is 1010. The van der Waals surface area contributed by atoms with E-state index in [9.17, 15) is 26.3 Å². The van der Waals surface area contributed by atoms with Crippen LogP contribution in [-0.2, 0) is 12.5 Å². The number of alkyl halides is 5. The normalized spacial score (nSPS) is 12.2. The van der Waals surface area contributed by atoms with Crippen molar-refractivity contribution in [2.45, 2.75) is 32.1 Å². The lowest BCUT2D eigenvalue weighted by Gasteiger charge is -2.19. The first-order valence-electron chi connectivity index (χ1n) is 9.17. The summed E-state index contributed by atoms with van der Waals surface area (Å²) in [6.45, 7) is 0.347. The molecule has 0 saturated carbocycles. The van der Waals surface area contributed by atoms with Gasteiger partial charge in [-0.15, -0.1) is 0 Å². The highest BCUT2D eigenvalue weighted by molar-refractivity contribution is 5.86. The van der Waals surface area contributed by atoms with Crippen molar-refractivity contribution in [1.29, 1.82) is 0 Å². The Morgan fingerprint density at radius 2 is 1.57 bits per heavy atom. The molecule has 3 aromatic carbocycles. The van der Waals surface area contributed by atoms with Gasteiger partial charge in [-0.05, 0) is 53.8 Å². The molecule has 0 aliphatic rings. The highest BCUT2D eigenvalue weighted by Gasteiger charge is 2.34. The second kappa shape index (κ2) is 8.45. The first-order chi connectivity index (χ1) is 14.1. The van der Waals surface area contributed by atoms with Crippen LogP contribution < -0.4 is 9.47 Å². The zero-order chi connectivity index (χ0) is 21.9. The zero-order valence-electron chi connectivity index (χ0n) is 15.9. The Labute approximate surface area is 169 Å². The molecule has 0 aromatic heterocycles. The van der Waals surface area contributed by atoms with Crippen molar-refractivity contribution in [3.05, 3.63) is 71.5 Å². The molecule has 0 bridgehead atoms. The molecule has 3 aromatic rings. The van der Waals surface area contributed by atoms with Crippen LogP contribution in [0.1, 0.15) is 24.5 Å². The number of rotatable bonds is 7. The van der Waals surface area contributed by atoms with Crippen LogP contribution in [0.3, 0.4) is 0 Å². The van der Waals surface area contributed by atoms with E-state index < -0.39 is 30.5 Å². The van der Waals surface area contributed by atoms with E-state index in [1.54, 1.807) is 12.1 Å². The fourth-order valence-corrected chi connectivity index (χ4v) is 2.95. The third kappa shape index (κ3) is 5.17. The van der Waals surface area contributed by atoms with Crippen LogP contribution in [0.15, 0.2) is 54.6 Å². The molecule has 2 nitrogen and oxygen atoms in total. The van der Waals surface area contributed by atoms with E-state index >= 15 is 0 Å². The maximum absolute atomic E-state index is 14.5. The molecule has 160 valence electrons. The summed E-state index contributed by atoms with van der Waals surface area (Å²) in [7, 11) is 0. The van der Waals surface area contributed by atoms with Gasteiger partial charge in [0.25, 0.3) is 0 Å². The summed E-state index contributed by atoms with van der Waals surface area (Å²) < 4.78 is 89.4. The minimum Gasteiger partial charge on any atom is -0.481 e. The molecule has 0 N–H and O–H groups in total. The summed E-state index contributed by atoms with van der Waals surface area (Å²) in [6, 6.07) is 11.5. The zero-order valence-corrected chi connectivity index (χ0v) is 15.9. The van der Waals surface area contributed by atoms with Gasteiger partial charge in [-0.25, -0.2) is 4.39 Å². The lowest BCUT2D eigenvalue weighted by molar-refractivity contribution is -0.185. The lowest BCUT2D eigenvalue weighted by Crippen LogP contribution is -2.21. The summed E-state index contributed by atoms with van der Waals surface area (Å²) in [5.74, 6) is -1.80. The lowest BCUT2D eigenvalue weighted by atomic mass is 10.1. The van der Waals surface area contributed by atoms with Crippen LogP contribution in [0.2, 0.25) is 0 Å². The largest absolute Gasteiger partial charge is 0.481 e. The third-order valence-corrected chi connectivity index (χ3v) is 4.36. The van der Waals surface area contributed by atoms with E-state index in [2.05, 4.69) is 4.74 Å². The topological polar surface area (TPSA) is 18.5 Å². The van der Waals surface area contributed by atoms with Gasteiger partial charge in [0.2, 0.25) is 0 Å². The van der Waals surface area contributed by atoms with Gasteiger partial charge >= 0.3 is 12.3 Å². The van der Waals surface area contributed by atoms with E-state index in [1.165, 1.54) is 24.3 Å². The minimum absolute atomic E-state index is 0.0748. The Balaban J connectivity index is 1.81. The van der Waals surface area contributed by atoms with E-state index in [0.717, 1.165) is 36.6 Å². The van der Waals surface area contributed by atoms with Gasteiger partial charge in [-0.2, -0.15) is 22.0 Å². The SMILES string of the molecule is CCCc1ccc(C(F)(F)Oc2ccc3c(F)c(OCC(F)(F)F)ccc3c2)cc1. The predicted molar refractivity (Wildman–Crippen MR) is 100 cm³/mol. The van der Waals surface area contributed by atoms with Gasteiger partial charge in [0, 0.05) is 5.39 Å². The van der Waals surface area contributed by atoms with Gasteiger partial charge < -0.3 is 9.47 Å². The van der Waals surface area contributed by atoms with Crippen LogP contribution in [-0.4, -0.2) is 12.8 Å². The van der Waals surface area contributed by atoms with Gasteiger partial charge in [-0.1, -0.05) is 31.5 Å². The van der Waals surface area contributed by atoms with E-state index in [-0.39, 0.29) is 22.1 Å². The van der Waals surface area contributed by atoms with Crippen LogP contribution in [0.25, 0.3) is 10.8 Å². The molecule has 0 heterocycles. The van der Waals surface area contributed by atoms with Crippen LogP contribution in [0.5, 0.6) is 11.5 Å². The summed E-state index contributed by atoms with van der Waals surface area (Å²) in [5, 5.41) is 0.104. The Hall–Kier alpha value is -2.90. The molecule has 0 saturated heterocycles. The van der Waals surface area contributed by atoms with Crippen molar-refractivity contribution >= 4 is 10.8 Å². The highest BCUT2D eigenvalue weighted by atomic mass is 19.4. The van der Waals surface area contributed by atoms with Crippen molar-refractivity contribution in [3.8, 4) is 11.5 Å².